The minimum Gasteiger partial charge on any atom is -0.497 e. The maximum atomic E-state index is 13.6. The molecule has 4 aromatic rings. The molecule has 9 nitrogen and oxygen atoms in total. The Bertz CT molecular complexity index is 1460. The van der Waals surface area contributed by atoms with Crippen LogP contribution in [0.3, 0.4) is 0 Å². The molecule has 1 saturated heterocycles. The molecule has 5 rings (SSSR count). The highest BCUT2D eigenvalue weighted by Gasteiger charge is 2.35. The topological polar surface area (TPSA) is 92.2 Å². The molecule has 0 bridgehead atoms. The standard InChI is InChI=1S/C28H35N7O2/c1-18-15-19(2)22-17-23(27(36)29-24(22)16-18)25(26-30-31-32-35(26)28(3,4)5)34-13-11-33(12-14-34)20-7-9-21(37-6)10-8-20/h7-10,15-17,25H,11-14H2,1-6H3,(H,29,36)/t25-/m0/s1. The van der Waals surface area contributed by atoms with E-state index in [0.29, 0.717) is 11.4 Å². The fourth-order valence-corrected chi connectivity index (χ4v) is 5.27. The fourth-order valence-electron chi connectivity index (χ4n) is 5.27. The first-order valence-electron chi connectivity index (χ1n) is 12.7. The van der Waals surface area contributed by atoms with Crippen LogP contribution in [0.1, 0.15) is 49.3 Å². The first-order chi connectivity index (χ1) is 17.7. The summed E-state index contributed by atoms with van der Waals surface area (Å²) in [5.74, 6) is 1.53. The van der Waals surface area contributed by atoms with Crippen molar-refractivity contribution in [3.8, 4) is 5.75 Å². The molecule has 0 amide bonds. The summed E-state index contributed by atoms with van der Waals surface area (Å²) in [5.41, 5.74) is 4.48. The number of nitrogens with one attached hydrogen (secondary N) is 1. The van der Waals surface area contributed by atoms with E-state index in [0.717, 1.165) is 59.6 Å². The Balaban J connectivity index is 1.55. The van der Waals surface area contributed by atoms with Crippen molar-refractivity contribution in [1.29, 1.82) is 0 Å². The van der Waals surface area contributed by atoms with E-state index < -0.39 is 0 Å². The summed E-state index contributed by atoms with van der Waals surface area (Å²) in [5, 5.41) is 13.9. The summed E-state index contributed by atoms with van der Waals surface area (Å²) < 4.78 is 7.16. The molecule has 0 unspecified atom stereocenters. The van der Waals surface area contributed by atoms with Gasteiger partial charge in [-0.15, -0.1) is 5.10 Å². The zero-order chi connectivity index (χ0) is 26.3. The Kier molecular flexibility index (Phi) is 6.49. The molecule has 0 spiro atoms. The lowest BCUT2D eigenvalue weighted by Gasteiger charge is -2.40. The number of aromatic amines is 1. The van der Waals surface area contributed by atoms with Gasteiger partial charge < -0.3 is 14.6 Å². The van der Waals surface area contributed by atoms with Gasteiger partial charge in [-0.1, -0.05) is 6.07 Å². The third kappa shape index (κ3) is 4.83. The Morgan fingerprint density at radius 3 is 2.35 bits per heavy atom. The van der Waals surface area contributed by atoms with E-state index in [9.17, 15) is 4.79 Å². The SMILES string of the molecule is COc1ccc(N2CCN([C@@H](c3cc4c(C)cc(C)cc4[nH]c3=O)c3nnnn3C(C)(C)C)CC2)cc1. The molecule has 0 saturated carbocycles. The van der Waals surface area contributed by atoms with Gasteiger partial charge in [0.25, 0.3) is 5.56 Å². The van der Waals surface area contributed by atoms with Crippen molar-refractivity contribution in [3.63, 3.8) is 0 Å². The molecular formula is C28H35N7O2. The molecule has 37 heavy (non-hydrogen) atoms. The second-order valence-electron chi connectivity index (χ2n) is 10.8. The molecule has 2 aromatic carbocycles. The normalized spacial score (nSPS) is 15.8. The summed E-state index contributed by atoms with van der Waals surface area (Å²) >= 11 is 0. The molecule has 0 radical (unpaired) electrons. The average Bonchev–Trinajstić information content (AvgIpc) is 3.35. The number of aromatic nitrogens is 5. The number of methoxy groups -OCH3 is 1. The monoisotopic (exact) mass is 501 g/mol. The first kappa shape index (κ1) is 25.0. The molecule has 194 valence electrons. The number of H-pyrrole nitrogens is 1. The number of hydrogen-bond acceptors (Lipinski definition) is 7. The van der Waals surface area contributed by atoms with Crippen molar-refractivity contribution in [1.82, 2.24) is 30.1 Å². The lowest BCUT2D eigenvalue weighted by Crippen LogP contribution is -2.49. The van der Waals surface area contributed by atoms with Crippen LogP contribution in [0.2, 0.25) is 0 Å². The number of pyridine rings is 1. The number of fused-ring (bicyclic) bond motifs is 1. The lowest BCUT2D eigenvalue weighted by atomic mass is 9.98. The van der Waals surface area contributed by atoms with Crippen LogP contribution in [0, 0.1) is 13.8 Å². The molecule has 2 aromatic heterocycles. The second kappa shape index (κ2) is 9.63. The van der Waals surface area contributed by atoms with Crippen molar-refractivity contribution in [3.05, 3.63) is 75.3 Å². The van der Waals surface area contributed by atoms with E-state index in [1.54, 1.807) is 7.11 Å². The summed E-state index contributed by atoms with van der Waals surface area (Å²) in [7, 11) is 1.68. The number of benzene rings is 2. The van der Waals surface area contributed by atoms with Gasteiger partial charge in [0.05, 0.1) is 12.6 Å². The van der Waals surface area contributed by atoms with Gasteiger partial charge in [0, 0.05) is 48.3 Å². The smallest absolute Gasteiger partial charge is 0.253 e. The number of rotatable bonds is 5. The van der Waals surface area contributed by atoms with Gasteiger partial charge in [-0.2, -0.15) is 0 Å². The number of ether oxygens (including phenoxy) is 1. The zero-order valence-electron chi connectivity index (χ0n) is 22.4. The minimum atomic E-state index is -0.374. The molecule has 1 fully saturated rings. The summed E-state index contributed by atoms with van der Waals surface area (Å²) in [6, 6.07) is 14.0. The molecule has 1 N–H and O–H groups in total. The van der Waals surface area contributed by atoms with E-state index in [4.69, 9.17) is 4.74 Å². The number of anilines is 1. The highest BCUT2D eigenvalue weighted by molar-refractivity contribution is 5.83. The number of nitrogens with zero attached hydrogens (tertiary/aromatic N) is 6. The molecular weight excluding hydrogens is 466 g/mol. The van der Waals surface area contributed by atoms with Crippen LogP contribution in [0.25, 0.3) is 10.9 Å². The number of hydrogen-bond donors (Lipinski definition) is 1. The summed E-state index contributed by atoms with van der Waals surface area (Å²) in [4.78, 5) is 21.4. The fraction of sp³-hybridized carbons (Fsp3) is 0.429. The van der Waals surface area contributed by atoms with Gasteiger partial charge in [0.15, 0.2) is 5.82 Å². The molecule has 3 heterocycles. The second-order valence-corrected chi connectivity index (χ2v) is 10.8. The van der Waals surface area contributed by atoms with Gasteiger partial charge in [-0.25, -0.2) is 4.68 Å². The number of aryl methyl sites for hydroxylation is 2. The van der Waals surface area contributed by atoms with E-state index in [-0.39, 0.29) is 17.1 Å². The Labute approximate surface area is 217 Å². The maximum Gasteiger partial charge on any atom is 0.253 e. The van der Waals surface area contributed by atoms with Crippen LogP contribution in [-0.2, 0) is 5.54 Å². The van der Waals surface area contributed by atoms with Crippen molar-refractivity contribution < 1.29 is 4.74 Å². The Morgan fingerprint density at radius 1 is 1.00 bits per heavy atom. The Hall–Kier alpha value is -3.72. The molecule has 9 heteroatoms. The van der Waals surface area contributed by atoms with Crippen LogP contribution in [-0.4, -0.2) is 63.4 Å². The van der Waals surface area contributed by atoms with E-state index in [1.165, 1.54) is 0 Å². The van der Waals surface area contributed by atoms with Crippen LogP contribution in [0.5, 0.6) is 5.75 Å². The third-order valence-electron chi connectivity index (χ3n) is 7.13. The van der Waals surface area contributed by atoms with Crippen molar-refractivity contribution in [2.24, 2.45) is 0 Å². The van der Waals surface area contributed by atoms with E-state index in [2.05, 4.69) is 76.2 Å². The van der Waals surface area contributed by atoms with Crippen molar-refractivity contribution in [2.45, 2.75) is 46.2 Å². The van der Waals surface area contributed by atoms with Gasteiger partial charge in [0.1, 0.15) is 11.8 Å². The predicted molar refractivity (Wildman–Crippen MR) is 145 cm³/mol. The summed E-state index contributed by atoms with van der Waals surface area (Å²) in [6.07, 6.45) is 0. The number of tetrazole rings is 1. The van der Waals surface area contributed by atoms with Gasteiger partial charge in [-0.3, -0.25) is 9.69 Å². The molecule has 1 atom stereocenters. The average molecular weight is 502 g/mol. The summed E-state index contributed by atoms with van der Waals surface area (Å²) in [6.45, 7) is 13.5. The third-order valence-corrected chi connectivity index (χ3v) is 7.13. The largest absolute Gasteiger partial charge is 0.497 e. The molecule has 1 aliphatic heterocycles. The Morgan fingerprint density at radius 2 is 1.70 bits per heavy atom. The minimum absolute atomic E-state index is 0.108. The molecule has 0 aliphatic carbocycles. The quantitative estimate of drug-likeness (QED) is 0.445. The van der Waals surface area contributed by atoms with E-state index >= 15 is 0 Å². The van der Waals surface area contributed by atoms with Crippen LogP contribution >= 0.6 is 0 Å². The molecule has 1 aliphatic rings. The van der Waals surface area contributed by atoms with Gasteiger partial charge in [-0.05, 0) is 92.6 Å². The highest BCUT2D eigenvalue weighted by Crippen LogP contribution is 2.32. The first-order valence-corrected chi connectivity index (χ1v) is 12.7. The van der Waals surface area contributed by atoms with Crippen LogP contribution in [0.4, 0.5) is 5.69 Å². The lowest BCUT2D eigenvalue weighted by molar-refractivity contribution is 0.190. The van der Waals surface area contributed by atoms with Gasteiger partial charge >= 0.3 is 0 Å². The van der Waals surface area contributed by atoms with Crippen LogP contribution in [0.15, 0.2) is 47.3 Å². The van der Waals surface area contributed by atoms with E-state index in [1.807, 2.05) is 35.9 Å². The predicted octanol–water partition coefficient (Wildman–Crippen LogP) is 3.81. The van der Waals surface area contributed by atoms with Crippen molar-refractivity contribution >= 4 is 16.6 Å². The number of piperazine rings is 1. The zero-order valence-corrected chi connectivity index (χ0v) is 22.4. The van der Waals surface area contributed by atoms with Gasteiger partial charge in [0.2, 0.25) is 0 Å². The maximum absolute atomic E-state index is 13.6. The highest BCUT2D eigenvalue weighted by atomic mass is 16.5. The van der Waals surface area contributed by atoms with Crippen molar-refractivity contribution in [2.75, 3.05) is 38.2 Å². The van der Waals surface area contributed by atoms with Crippen LogP contribution < -0.4 is 15.2 Å².